The van der Waals surface area contributed by atoms with Gasteiger partial charge in [-0.05, 0) is 33.6 Å². The van der Waals surface area contributed by atoms with Gasteiger partial charge in [-0.15, -0.1) is 11.6 Å². The highest BCUT2D eigenvalue weighted by molar-refractivity contribution is 6.23. The predicted octanol–water partition coefficient (Wildman–Crippen LogP) is 2.57. The summed E-state index contributed by atoms with van der Waals surface area (Å²) in [5.74, 6) is 0. The normalized spacial score (nSPS) is 34.8. The molecule has 0 aromatic rings. The third-order valence-electron chi connectivity index (χ3n) is 2.00. The van der Waals surface area contributed by atoms with E-state index >= 15 is 0 Å². The van der Waals surface area contributed by atoms with E-state index in [0.29, 0.717) is 6.10 Å². The molecule has 1 heterocycles. The van der Waals surface area contributed by atoms with Crippen molar-refractivity contribution < 1.29 is 4.74 Å². The Hall–Kier alpha value is 0.250. The molecule has 1 rings (SSSR count). The van der Waals surface area contributed by atoms with Crippen LogP contribution in [-0.4, -0.2) is 17.1 Å². The van der Waals surface area contributed by atoms with Gasteiger partial charge in [0.05, 0.1) is 17.1 Å². The zero-order valence-electron chi connectivity index (χ0n) is 6.86. The van der Waals surface area contributed by atoms with Crippen molar-refractivity contribution >= 4 is 11.6 Å². The summed E-state index contributed by atoms with van der Waals surface area (Å²) in [6.07, 6.45) is 2.92. The fourth-order valence-electron chi connectivity index (χ4n) is 1.31. The number of rotatable bonds is 1. The van der Waals surface area contributed by atoms with Gasteiger partial charge < -0.3 is 4.74 Å². The molecule has 0 aromatic heterocycles. The van der Waals surface area contributed by atoms with Crippen LogP contribution in [0.3, 0.4) is 0 Å². The second kappa shape index (κ2) is 2.71. The molecule has 2 atom stereocenters. The van der Waals surface area contributed by atoms with E-state index in [-0.39, 0.29) is 11.0 Å². The van der Waals surface area contributed by atoms with Crippen LogP contribution in [0.2, 0.25) is 0 Å². The van der Waals surface area contributed by atoms with Gasteiger partial charge in [0, 0.05) is 0 Å². The number of alkyl halides is 1. The molecule has 0 amide bonds. The number of halogens is 1. The first-order valence-electron chi connectivity index (χ1n) is 3.84. The third-order valence-corrected chi connectivity index (χ3v) is 2.24. The van der Waals surface area contributed by atoms with Gasteiger partial charge in [-0.1, -0.05) is 0 Å². The van der Waals surface area contributed by atoms with Crippen molar-refractivity contribution in [2.45, 2.75) is 50.7 Å². The lowest BCUT2D eigenvalue weighted by molar-refractivity contribution is 0.0369. The van der Waals surface area contributed by atoms with Crippen LogP contribution < -0.4 is 0 Å². The van der Waals surface area contributed by atoms with Crippen LogP contribution in [0.15, 0.2) is 0 Å². The van der Waals surface area contributed by atoms with Crippen LogP contribution >= 0.6 is 11.6 Å². The molecule has 1 fully saturated rings. The summed E-state index contributed by atoms with van der Waals surface area (Å²) in [6.45, 7) is 6.12. The summed E-state index contributed by atoms with van der Waals surface area (Å²) < 4.78 is 5.59. The molecule has 0 spiro atoms. The average molecular weight is 163 g/mol. The van der Waals surface area contributed by atoms with Crippen molar-refractivity contribution in [3.63, 3.8) is 0 Å². The van der Waals surface area contributed by atoms with Crippen LogP contribution in [0.5, 0.6) is 0 Å². The third kappa shape index (κ3) is 1.86. The SMILES string of the molecule is C[C@H]1CC[C@H](C(C)(C)Cl)O1. The quantitative estimate of drug-likeness (QED) is 0.539. The summed E-state index contributed by atoms with van der Waals surface area (Å²) in [5, 5.41) is 0. The van der Waals surface area contributed by atoms with Crippen molar-refractivity contribution in [1.29, 1.82) is 0 Å². The zero-order chi connectivity index (χ0) is 7.78. The molecular weight excluding hydrogens is 148 g/mol. The van der Waals surface area contributed by atoms with E-state index in [1.807, 2.05) is 13.8 Å². The average Bonchev–Trinajstić information content (AvgIpc) is 2.11. The van der Waals surface area contributed by atoms with E-state index in [1.54, 1.807) is 0 Å². The summed E-state index contributed by atoms with van der Waals surface area (Å²) in [7, 11) is 0. The Labute approximate surface area is 67.7 Å². The summed E-state index contributed by atoms with van der Waals surface area (Å²) in [5.41, 5.74) is 0. The van der Waals surface area contributed by atoms with Gasteiger partial charge in [0.1, 0.15) is 0 Å². The summed E-state index contributed by atoms with van der Waals surface area (Å²) in [4.78, 5) is -0.190. The van der Waals surface area contributed by atoms with Crippen LogP contribution in [0.1, 0.15) is 33.6 Å². The van der Waals surface area contributed by atoms with E-state index in [4.69, 9.17) is 16.3 Å². The first-order valence-corrected chi connectivity index (χ1v) is 4.22. The van der Waals surface area contributed by atoms with E-state index in [2.05, 4.69) is 6.92 Å². The number of hydrogen-bond donors (Lipinski definition) is 0. The lowest BCUT2D eigenvalue weighted by Crippen LogP contribution is -2.30. The largest absolute Gasteiger partial charge is 0.373 e. The Morgan fingerprint density at radius 2 is 2.00 bits per heavy atom. The van der Waals surface area contributed by atoms with Gasteiger partial charge >= 0.3 is 0 Å². The first-order chi connectivity index (χ1) is 4.50. The Morgan fingerprint density at radius 1 is 1.40 bits per heavy atom. The van der Waals surface area contributed by atoms with E-state index in [0.717, 1.165) is 12.8 Å². The molecule has 1 aliphatic rings. The molecule has 1 aliphatic heterocycles. The molecule has 0 aromatic carbocycles. The van der Waals surface area contributed by atoms with Crippen molar-refractivity contribution in [2.24, 2.45) is 0 Å². The molecule has 0 bridgehead atoms. The molecule has 1 nitrogen and oxygen atoms in total. The number of ether oxygens (including phenoxy) is 1. The lowest BCUT2D eigenvalue weighted by Gasteiger charge is -2.23. The summed E-state index contributed by atoms with van der Waals surface area (Å²) in [6, 6.07) is 0. The van der Waals surface area contributed by atoms with Crippen LogP contribution in [0.25, 0.3) is 0 Å². The fourth-order valence-corrected chi connectivity index (χ4v) is 1.47. The molecule has 1 saturated heterocycles. The fraction of sp³-hybridized carbons (Fsp3) is 1.00. The molecule has 2 heteroatoms. The van der Waals surface area contributed by atoms with Crippen molar-refractivity contribution in [2.75, 3.05) is 0 Å². The zero-order valence-corrected chi connectivity index (χ0v) is 7.61. The maximum Gasteiger partial charge on any atom is 0.0765 e. The van der Waals surface area contributed by atoms with Gasteiger partial charge in [-0.25, -0.2) is 0 Å². The lowest BCUT2D eigenvalue weighted by atomic mass is 10.0. The topological polar surface area (TPSA) is 9.23 Å². The minimum Gasteiger partial charge on any atom is -0.373 e. The first kappa shape index (κ1) is 8.35. The maximum absolute atomic E-state index is 6.08. The second-order valence-corrected chi connectivity index (χ2v) is 4.55. The monoisotopic (exact) mass is 162 g/mol. The van der Waals surface area contributed by atoms with Gasteiger partial charge in [-0.2, -0.15) is 0 Å². The van der Waals surface area contributed by atoms with Gasteiger partial charge in [0.15, 0.2) is 0 Å². The minimum atomic E-state index is -0.190. The second-order valence-electron chi connectivity index (χ2n) is 3.58. The minimum absolute atomic E-state index is 0.190. The van der Waals surface area contributed by atoms with Crippen LogP contribution in [0, 0.1) is 0 Å². The maximum atomic E-state index is 6.08. The van der Waals surface area contributed by atoms with E-state index in [9.17, 15) is 0 Å². The molecule has 0 saturated carbocycles. The molecule has 10 heavy (non-hydrogen) atoms. The van der Waals surface area contributed by atoms with Gasteiger partial charge in [0.2, 0.25) is 0 Å². The van der Waals surface area contributed by atoms with Crippen molar-refractivity contribution in [3.05, 3.63) is 0 Å². The Morgan fingerprint density at radius 3 is 2.20 bits per heavy atom. The number of hydrogen-bond acceptors (Lipinski definition) is 1. The van der Waals surface area contributed by atoms with Crippen LogP contribution in [0.4, 0.5) is 0 Å². The van der Waals surface area contributed by atoms with Crippen molar-refractivity contribution in [3.8, 4) is 0 Å². The molecular formula is C8H15ClO. The van der Waals surface area contributed by atoms with E-state index in [1.165, 1.54) is 0 Å². The molecule has 60 valence electrons. The van der Waals surface area contributed by atoms with Crippen molar-refractivity contribution in [1.82, 2.24) is 0 Å². The molecule has 0 radical (unpaired) electrons. The Kier molecular flexibility index (Phi) is 2.26. The molecule has 0 unspecified atom stereocenters. The smallest absolute Gasteiger partial charge is 0.0765 e. The highest BCUT2D eigenvalue weighted by atomic mass is 35.5. The highest BCUT2D eigenvalue weighted by Crippen LogP contribution is 2.31. The van der Waals surface area contributed by atoms with Gasteiger partial charge in [-0.3, -0.25) is 0 Å². The van der Waals surface area contributed by atoms with Gasteiger partial charge in [0.25, 0.3) is 0 Å². The standard InChI is InChI=1S/C8H15ClO/c1-6-4-5-7(10-6)8(2,3)9/h6-7H,4-5H2,1-3H3/t6-,7+/m0/s1. The van der Waals surface area contributed by atoms with Crippen LogP contribution in [-0.2, 0) is 4.74 Å². The molecule has 0 aliphatic carbocycles. The van der Waals surface area contributed by atoms with E-state index < -0.39 is 0 Å². The highest BCUT2D eigenvalue weighted by Gasteiger charge is 2.33. The predicted molar refractivity (Wildman–Crippen MR) is 43.5 cm³/mol. The summed E-state index contributed by atoms with van der Waals surface area (Å²) >= 11 is 6.08. The Bertz CT molecular complexity index is 117. The Balaban J connectivity index is 2.45. The molecule has 0 N–H and O–H groups in total.